The van der Waals surface area contributed by atoms with Gasteiger partial charge in [-0.2, -0.15) is 0 Å². The van der Waals surface area contributed by atoms with E-state index in [1.54, 1.807) is 14.1 Å². The van der Waals surface area contributed by atoms with Crippen molar-refractivity contribution in [3.63, 3.8) is 0 Å². The van der Waals surface area contributed by atoms with E-state index >= 15 is 0 Å². The molecular weight excluding hydrogens is 268 g/mol. The number of benzene rings is 2. The third kappa shape index (κ3) is 3.31. The Morgan fingerprint density at radius 1 is 1.10 bits per heavy atom. The lowest BCUT2D eigenvalue weighted by atomic mass is 10.0. The summed E-state index contributed by atoms with van der Waals surface area (Å²) in [6, 6.07) is 12.3. The van der Waals surface area contributed by atoms with Crippen molar-refractivity contribution in [3.8, 4) is 0 Å². The first-order valence-corrected chi connectivity index (χ1v) is 6.57. The number of rotatable bonds is 3. The van der Waals surface area contributed by atoms with E-state index in [0.717, 1.165) is 10.8 Å². The molecule has 0 aliphatic rings. The van der Waals surface area contributed by atoms with Gasteiger partial charge >= 0.3 is 12.0 Å². The van der Waals surface area contributed by atoms with E-state index < -0.39 is 12.0 Å². The molecule has 0 aliphatic carbocycles. The van der Waals surface area contributed by atoms with Crippen LogP contribution in [0.4, 0.5) is 4.79 Å². The fourth-order valence-electron chi connectivity index (χ4n) is 2.04. The number of carbonyl (C=O) groups excluding carboxylic acids is 2. The van der Waals surface area contributed by atoms with Crippen LogP contribution >= 0.6 is 0 Å². The third-order valence-electron chi connectivity index (χ3n) is 3.22. The highest BCUT2D eigenvalue weighted by Crippen LogP contribution is 2.21. The molecule has 0 saturated carbocycles. The zero-order valence-electron chi connectivity index (χ0n) is 12.3. The molecule has 0 aromatic heterocycles. The van der Waals surface area contributed by atoms with Crippen molar-refractivity contribution in [3.05, 3.63) is 48.0 Å². The molecule has 0 bridgehead atoms. The molecule has 5 heteroatoms. The van der Waals surface area contributed by atoms with Gasteiger partial charge in [-0.05, 0) is 22.4 Å². The number of carbonyl (C=O) groups is 2. The average Bonchev–Trinajstić information content (AvgIpc) is 2.51. The second-order valence-electron chi connectivity index (χ2n) is 4.91. The predicted molar refractivity (Wildman–Crippen MR) is 80.9 cm³/mol. The first-order chi connectivity index (χ1) is 10.0. The van der Waals surface area contributed by atoms with E-state index in [1.807, 2.05) is 42.5 Å². The molecular formula is C16H18N2O3. The normalized spacial score (nSPS) is 11.8. The van der Waals surface area contributed by atoms with Crippen LogP contribution in [0, 0.1) is 0 Å². The SMILES string of the molecule is COC(=O)[C@H](NC(=O)N(C)C)c1ccc2ccccc2c1. The largest absolute Gasteiger partial charge is 0.467 e. The molecule has 0 saturated heterocycles. The summed E-state index contributed by atoms with van der Waals surface area (Å²) in [6.45, 7) is 0. The Morgan fingerprint density at radius 3 is 2.38 bits per heavy atom. The van der Waals surface area contributed by atoms with Crippen LogP contribution < -0.4 is 5.32 Å². The van der Waals surface area contributed by atoms with Gasteiger partial charge in [0.1, 0.15) is 0 Å². The van der Waals surface area contributed by atoms with Gasteiger partial charge in [0.05, 0.1) is 7.11 Å². The second kappa shape index (κ2) is 6.26. The summed E-state index contributed by atoms with van der Waals surface area (Å²) < 4.78 is 4.79. The van der Waals surface area contributed by atoms with E-state index in [9.17, 15) is 9.59 Å². The molecule has 0 unspecified atom stereocenters. The number of fused-ring (bicyclic) bond motifs is 1. The van der Waals surface area contributed by atoms with Crippen molar-refractivity contribution in [2.45, 2.75) is 6.04 Å². The molecule has 2 aromatic carbocycles. The molecule has 0 aliphatic heterocycles. The molecule has 5 nitrogen and oxygen atoms in total. The Kier molecular flexibility index (Phi) is 4.42. The van der Waals surface area contributed by atoms with Gasteiger partial charge in [-0.1, -0.05) is 36.4 Å². The van der Waals surface area contributed by atoms with Crippen molar-refractivity contribution in [1.29, 1.82) is 0 Å². The second-order valence-corrected chi connectivity index (χ2v) is 4.91. The predicted octanol–water partition coefficient (Wildman–Crippen LogP) is 2.33. The van der Waals surface area contributed by atoms with Crippen LogP contribution in [0.25, 0.3) is 10.8 Å². The molecule has 110 valence electrons. The summed E-state index contributed by atoms with van der Waals surface area (Å²) in [7, 11) is 4.53. The molecule has 2 rings (SSSR count). The van der Waals surface area contributed by atoms with E-state index in [-0.39, 0.29) is 6.03 Å². The van der Waals surface area contributed by atoms with Gasteiger partial charge in [0.25, 0.3) is 0 Å². The van der Waals surface area contributed by atoms with E-state index in [4.69, 9.17) is 4.74 Å². The molecule has 0 spiro atoms. The Hall–Kier alpha value is -2.56. The summed E-state index contributed by atoms with van der Waals surface area (Å²) in [4.78, 5) is 25.1. The summed E-state index contributed by atoms with van der Waals surface area (Å²) >= 11 is 0. The summed E-state index contributed by atoms with van der Waals surface area (Å²) in [5.74, 6) is -0.500. The fourth-order valence-corrected chi connectivity index (χ4v) is 2.04. The van der Waals surface area contributed by atoms with Crippen LogP contribution in [0.1, 0.15) is 11.6 Å². The Labute approximate surface area is 123 Å². The van der Waals surface area contributed by atoms with Gasteiger partial charge in [-0.25, -0.2) is 9.59 Å². The Bertz CT molecular complexity index is 667. The van der Waals surface area contributed by atoms with Crippen molar-refractivity contribution in [2.75, 3.05) is 21.2 Å². The summed E-state index contributed by atoms with van der Waals surface area (Å²) in [6.07, 6.45) is 0. The number of ether oxygens (including phenoxy) is 1. The van der Waals surface area contributed by atoms with E-state index in [1.165, 1.54) is 12.0 Å². The number of amides is 2. The lowest BCUT2D eigenvalue weighted by Gasteiger charge is -2.20. The highest BCUT2D eigenvalue weighted by Gasteiger charge is 2.24. The van der Waals surface area contributed by atoms with Crippen LogP contribution in [0.3, 0.4) is 0 Å². The maximum Gasteiger partial charge on any atom is 0.333 e. The van der Waals surface area contributed by atoms with Crippen LogP contribution in [0.5, 0.6) is 0 Å². The zero-order valence-corrected chi connectivity index (χ0v) is 12.3. The molecule has 1 N–H and O–H groups in total. The topological polar surface area (TPSA) is 58.6 Å². The van der Waals surface area contributed by atoms with Gasteiger partial charge in [0.2, 0.25) is 0 Å². The lowest BCUT2D eigenvalue weighted by Crippen LogP contribution is -2.40. The molecule has 2 amide bonds. The Balaban J connectivity index is 2.38. The summed E-state index contributed by atoms with van der Waals surface area (Å²) in [5, 5.41) is 4.74. The van der Waals surface area contributed by atoms with E-state index in [2.05, 4.69) is 5.32 Å². The quantitative estimate of drug-likeness (QED) is 0.881. The van der Waals surface area contributed by atoms with Crippen LogP contribution in [-0.2, 0) is 9.53 Å². The number of hydrogen-bond donors (Lipinski definition) is 1. The minimum absolute atomic E-state index is 0.349. The fraction of sp³-hybridized carbons (Fsp3) is 0.250. The van der Waals surface area contributed by atoms with Gasteiger partial charge in [0.15, 0.2) is 6.04 Å². The molecule has 0 radical (unpaired) electrons. The standard InChI is InChI=1S/C16H18N2O3/c1-18(2)16(20)17-14(15(19)21-3)13-9-8-11-6-4-5-7-12(11)10-13/h4-10,14H,1-3H3,(H,17,20)/t14-/m1/s1. The minimum atomic E-state index is -0.825. The maximum absolute atomic E-state index is 12.0. The molecule has 1 atom stereocenters. The number of methoxy groups -OCH3 is 1. The van der Waals surface area contributed by atoms with Crippen molar-refractivity contribution < 1.29 is 14.3 Å². The van der Waals surface area contributed by atoms with E-state index in [0.29, 0.717) is 5.56 Å². The number of nitrogens with one attached hydrogen (secondary N) is 1. The number of hydrogen-bond acceptors (Lipinski definition) is 3. The molecule has 21 heavy (non-hydrogen) atoms. The van der Waals surface area contributed by atoms with Crippen LogP contribution in [0.15, 0.2) is 42.5 Å². The number of nitrogens with zero attached hydrogens (tertiary/aromatic N) is 1. The highest BCUT2D eigenvalue weighted by molar-refractivity contribution is 5.88. The number of esters is 1. The lowest BCUT2D eigenvalue weighted by molar-refractivity contribution is -0.143. The average molecular weight is 286 g/mol. The first kappa shape index (κ1) is 14.8. The van der Waals surface area contributed by atoms with Gasteiger partial charge in [0, 0.05) is 14.1 Å². The van der Waals surface area contributed by atoms with Gasteiger partial charge in [-0.15, -0.1) is 0 Å². The monoisotopic (exact) mass is 286 g/mol. The first-order valence-electron chi connectivity index (χ1n) is 6.57. The third-order valence-corrected chi connectivity index (χ3v) is 3.22. The highest BCUT2D eigenvalue weighted by atomic mass is 16.5. The van der Waals surface area contributed by atoms with Crippen molar-refractivity contribution in [1.82, 2.24) is 10.2 Å². The Morgan fingerprint density at radius 2 is 1.76 bits per heavy atom. The van der Waals surface area contributed by atoms with Crippen molar-refractivity contribution in [2.24, 2.45) is 0 Å². The molecule has 2 aromatic rings. The van der Waals surface area contributed by atoms with Crippen LogP contribution in [0.2, 0.25) is 0 Å². The van der Waals surface area contributed by atoms with Gasteiger partial charge in [-0.3, -0.25) is 0 Å². The molecule has 0 fully saturated rings. The summed E-state index contributed by atoms with van der Waals surface area (Å²) in [5.41, 5.74) is 0.691. The smallest absolute Gasteiger partial charge is 0.333 e. The molecule has 0 heterocycles. The van der Waals surface area contributed by atoms with Crippen LogP contribution in [-0.4, -0.2) is 38.1 Å². The minimum Gasteiger partial charge on any atom is -0.467 e. The van der Waals surface area contributed by atoms with Crippen molar-refractivity contribution >= 4 is 22.8 Å². The van der Waals surface area contributed by atoms with Gasteiger partial charge < -0.3 is 15.0 Å². The zero-order chi connectivity index (χ0) is 15.4. The maximum atomic E-state index is 12.0. The number of urea groups is 1.